The van der Waals surface area contributed by atoms with Crippen LogP contribution >= 0.6 is 11.3 Å². The van der Waals surface area contributed by atoms with Crippen LogP contribution in [0.2, 0.25) is 0 Å². The average molecular weight is 300 g/mol. The monoisotopic (exact) mass is 300 g/mol. The number of carbonyl (C=O) groups excluding carboxylic acids is 1. The standard InChI is InChI=1S/C15H16N4OS/c1-19(9-13-3-2-6-21-13)10-15(20)17-12-5-4-11-8-16-18-14(11)7-12/h2-8H,9-10H2,1H3,(H,16,18)(H,17,20). The van der Waals surface area contributed by atoms with Gasteiger partial charge in [-0.3, -0.25) is 14.8 Å². The highest BCUT2D eigenvalue weighted by Gasteiger charge is 2.08. The SMILES string of the molecule is CN(CC(=O)Nc1ccc2cn[nH]c2c1)Cc1cccs1. The first kappa shape index (κ1) is 13.8. The maximum Gasteiger partial charge on any atom is 0.238 e. The molecule has 0 aliphatic carbocycles. The zero-order valence-electron chi connectivity index (χ0n) is 11.7. The number of nitrogens with one attached hydrogen (secondary N) is 2. The van der Waals surface area contributed by atoms with E-state index in [0.717, 1.165) is 23.1 Å². The van der Waals surface area contributed by atoms with Gasteiger partial charge in [0.15, 0.2) is 0 Å². The highest BCUT2D eigenvalue weighted by molar-refractivity contribution is 7.09. The number of aromatic nitrogens is 2. The number of H-pyrrole nitrogens is 1. The molecule has 21 heavy (non-hydrogen) atoms. The van der Waals surface area contributed by atoms with Gasteiger partial charge in [-0.2, -0.15) is 5.10 Å². The fraction of sp³-hybridized carbons (Fsp3) is 0.200. The summed E-state index contributed by atoms with van der Waals surface area (Å²) in [7, 11) is 1.94. The van der Waals surface area contributed by atoms with Gasteiger partial charge in [0.1, 0.15) is 0 Å². The van der Waals surface area contributed by atoms with Gasteiger partial charge in [0.25, 0.3) is 0 Å². The molecule has 108 valence electrons. The van der Waals surface area contributed by atoms with Gasteiger partial charge >= 0.3 is 0 Å². The Morgan fingerprint density at radius 1 is 1.43 bits per heavy atom. The minimum Gasteiger partial charge on any atom is -0.325 e. The van der Waals surface area contributed by atoms with Gasteiger partial charge < -0.3 is 5.32 Å². The second-order valence-electron chi connectivity index (χ2n) is 4.97. The van der Waals surface area contributed by atoms with E-state index in [1.165, 1.54) is 4.88 Å². The van der Waals surface area contributed by atoms with Crippen molar-refractivity contribution in [3.63, 3.8) is 0 Å². The summed E-state index contributed by atoms with van der Waals surface area (Å²) in [5.41, 5.74) is 1.70. The highest BCUT2D eigenvalue weighted by Crippen LogP contribution is 2.16. The second-order valence-corrected chi connectivity index (χ2v) is 6.00. The molecule has 1 aromatic carbocycles. The van der Waals surface area contributed by atoms with Crippen LogP contribution in [0.15, 0.2) is 41.9 Å². The first-order chi connectivity index (χ1) is 10.2. The van der Waals surface area contributed by atoms with E-state index < -0.39 is 0 Å². The molecule has 0 saturated heterocycles. The predicted molar refractivity (Wildman–Crippen MR) is 85.4 cm³/mol. The number of carbonyl (C=O) groups is 1. The Labute approximate surface area is 126 Å². The van der Waals surface area contributed by atoms with E-state index in [-0.39, 0.29) is 5.91 Å². The summed E-state index contributed by atoms with van der Waals surface area (Å²) in [5, 5.41) is 12.8. The summed E-state index contributed by atoms with van der Waals surface area (Å²) < 4.78 is 0. The lowest BCUT2D eigenvalue weighted by Gasteiger charge is -2.15. The van der Waals surface area contributed by atoms with Crippen molar-refractivity contribution in [1.29, 1.82) is 0 Å². The van der Waals surface area contributed by atoms with Crippen LogP contribution in [0.4, 0.5) is 5.69 Å². The van der Waals surface area contributed by atoms with Gasteiger partial charge in [0, 0.05) is 22.5 Å². The number of rotatable bonds is 5. The van der Waals surface area contributed by atoms with Gasteiger partial charge in [-0.15, -0.1) is 11.3 Å². The fourth-order valence-corrected chi connectivity index (χ4v) is 2.97. The molecule has 0 bridgehead atoms. The van der Waals surface area contributed by atoms with Gasteiger partial charge in [-0.1, -0.05) is 6.07 Å². The zero-order chi connectivity index (χ0) is 14.7. The lowest BCUT2D eigenvalue weighted by molar-refractivity contribution is -0.117. The van der Waals surface area contributed by atoms with Crippen LogP contribution in [0.5, 0.6) is 0 Å². The third-order valence-electron chi connectivity index (χ3n) is 3.15. The zero-order valence-corrected chi connectivity index (χ0v) is 12.5. The number of hydrogen-bond acceptors (Lipinski definition) is 4. The van der Waals surface area contributed by atoms with Crippen LogP contribution in [0.25, 0.3) is 10.9 Å². The van der Waals surface area contributed by atoms with Crippen molar-refractivity contribution in [3.8, 4) is 0 Å². The van der Waals surface area contributed by atoms with Gasteiger partial charge in [-0.05, 0) is 36.7 Å². The topological polar surface area (TPSA) is 61.0 Å². The van der Waals surface area contributed by atoms with Crippen LogP contribution < -0.4 is 5.32 Å². The Bertz CT molecular complexity index is 735. The van der Waals surface area contributed by atoms with E-state index in [1.54, 1.807) is 17.5 Å². The van der Waals surface area contributed by atoms with E-state index in [0.29, 0.717) is 6.54 Å². The van der Waals surface area contributed by atoms with E-state index >= 15 is 0 Å². The van der Waals surface area contributed by atoms with Gasteiger partial charge in [0.2, 0.25) is 5.91 Å². The first-order valence-corrected chi connectivity index (χ1v) is 7.52. The van der Waals surface area contributed by atoms with Crippen molar-refractivity contribution < 1.29 is 4.79 Å². The molecule has 2 heterocycles. The molecule has 0 aliphatic rings. The van der Waals surface area contributed by atoms with Crippen molar-refractivity contribution in [2.45, 2.75) is 6.54 Å². The second kappa shape index (κ2) is 6.07. The summed E-state index contributed by atoms with van der Waals surface area (Å²) in [6.07, 6.45) is 1.76. The molecule has 6 heteroatoms. The van der Waals surface area contributed by atoms with Crippen molar-refractivity contribution in [2.24, 2.45) is 0 Å². The molecule has 0 fully saturated rings. The molecule has 2 N–H and O–H groups in total. The molecule has 3 aromatic rings. The Balaban J connectivity index is 1.57. The number of anilines is 1. The minimum absolute atomic E-state index is 0.0204. The van der Waals surface area contributed by atoms with Crippen LogP contribution in [0, 0.1) is 0 Å². The maximum atomic E-state index is 12.1. The largest absolute Gasteiger partial charge is 0.325 e. The summed E-state index contributed by atoms with van der Waals surface area (Å²) in [4.78, 5) is 15.3. The molecule has 0 aliphatic heterocycles. The van der Waals surface area contributed by atoms with Crippen LogP contribution in [0.3, 0.4) is 0 Å². The predicted octanol–water partition coefficient (Wildman–Crippen LogP) is 2.69. The van der Waals surface area contributed by atoms with Crippen molar-refractivity contribution in [1.82, 2.24) is 15.1 Å². The Morgan fingerprint density at radius 3 is 3.14 bits per heavy atom. The highest BCUT2D eigenvalue weighted by atomic mass is 32.1. The van der Waals surface area contributed by atoms with Crippen LogP contribution in [-0.4, -0.2) is 34.6 Å². The first-order valence-electron chi connectivity index (χ1n) is 6.64. The number of aromatic amines is 1. The van der Waals surface area contributed by atoms with E-state index in [1.807, 2.05) is 41.6 Å². The van der Waals surface area contributed by atoms with E-state index in [2.05, 4.69) is 21.6 Å². The number of hydrogen-bond donors (Lipinski definition) is 2. The molecular weight excluding hydrogens is 284 g/mol. The number of benzene rings is 1. The Kier molecular flexibility index (Phi) is 3.98. The summed E-state index contributed by atoms with van der Waals surface area (Å²) in [5.74, 6) is -0.0204. The molecular formula is C15H16N4OS. The third kappa shape index (κ3) is 3.48. The van der Waals surface area contributed by atoms with Gasteiger partial charge in [0.05, 0.1) is 18.3 Å². The number of amides is 1. The molecule has 0 unspecified atom stereocenters. The van der Waals surface area contributed by atoms with Gasteiger partial charge in [-0.25, -0.2) is 0 Å². The lowest BCUT2D eigenvalue weighted by atomic mass is 10.2. The molecule has 3 rings (SSSR count). The third-order valence-corrected chi connectivity index (χ3v) is 4.01. The Hall–Kier alpha value is -2.18. The normalized spacial score (nSPS) is 11.1. The fourth-order valence-electron chi connectivity index (χ4n) is 2.18. The van der Waals surface area contributed by atoms with Crippen molar-refractivity contribution in [3.05, 3.63) is 46.8 Å². The number of likely N-dealkylation sites (N-methyl/N-ethyl adjacent to an activating group) is 1. The molecule has 0 atom stereocenters. The molecule has 0 spiro atoms. The van der Waals surface area contributed by atoms with Crippen molar-refractivity contribution in [2.75, 3.05) is 18.9 Å². The maximum absolute atomic E-state index is 12.1. The average Bonchev–Trinajstić information content (AvgIpc) is 3.08. The minimum atomic E-state index is -0.0204. The molecule has 2 aromatic heterocycles. The lowest BCUT2D eigenvalue weighted by Crippen LogP contribution is -2.29. The quantitative estimate of drug-likeness (QED) is 0.761. The van der Waals surface area contributed by atoms with Crippen LogP contribution in [0.1, 0.15) is 4.88 Å². The van der Waals surface area contributed by atoms with Crippen molar-refractivity contribution >= 4 is 33.8 Å². The Morgan fingerprint density at radius 2 is 2.33 bits per heavy atom. The summed E-state index contributed by atoms with van der Waals surface area (Å²) >= 11 is 1.70. The molecule has 1 amide bonds. The van der Waals surface area contributed by atoms with Crippen LogP contribution in [-0.2, 0) is 11.3 Å². The van der Waals surface area contributed by atoms with E-state index in [9.17, 15) is 4.79 Å². The van der Waals surface area contributed by atoms with E-state index in [4.69, 9.17) is 0 Å². The molecule has 0 saturated carbocycles. The number of thiophene rings is 1. The summed E-state index contributed by atoms with van der Waals surface area (Å²) in [6, 6.07) is 9.80. The smallest absolute Gasteiger partial charge is 0.238 e. The molecule has 0 radical (unpaired) electrons. The summed E-state index contributed by atoms with van der Waals surface area (Å²) in [6.45, 7) is 1.14. The number of nitrogens with zero attached hydrogens (tertiary/aromatic N) is 2. The molecule has 5 nitrogen and oxygen atoms in total. The number of fused-ring (bicyclic) bond motifs is 1.